The third-order valence-electron chi connectivity index (χ3n) is 3.19. The quantitative estimate of drug-likeness (QED) is 0.590. The Morgan fingerprint density at radius 3 is 1.77 bits per heavy atom. The molecule has 3 aromatic rings. The molecule has 0 atom stereocenters. The van der Waals surface area contributed by atoms with Crippen LogP contribution in [-0.4, -0.2) is 20.0 Å². The molecule has 6 heteroatoms. The molecule has 0 unspecified atom stereocenters. The molecule has 3 rings (SSSR count). The maximum Gasteiger partial charge on any atom is 0.271 e. The van der Waals surface area contributed by atoms with Crippen molar-refractivity contribution >= 4 is 5.69 Å². The second kappa shape index (κ2) is 5.61. The van der Waals surface area contributed by atoms with Crippen LogP contribution < -0.4 is 0 Å². The van der Waals surface area contributed by atoms with Crippen LogP contribution in [0.1, 0.15) is 0 Å². The van der Waals surface area contributed by atoms with E-state index in [-0.39, 0.29) is 11.4 Å². The van der Waals surface area contributed by atoms with Crippen LogP contribution in [0.2, 0.25) is 0 Å². The summed E-state index contributed by atoms with van der Waals surface area (Å²) in [4.78, 5) is 18.9. The van der Waals surface area contributed by atoms with Gasteiger partial charge in [0.05, 0.1) is 16.3 Å². The average Bonchev–Trinajstić information content (AvgIpc) is 2.56. The average molecular weight is 293 g/mol. The fourth-order valence-electron chi connectivity index (χ4n) is 2.16. The maximum absolute atomic E-state index is 11.2. The van der Waals surface area contributed by atoms with Crippen LogP contribution in [0.4, 0.5) is 5.69 Å². The summed E-state index contributed by atoms with van der Waals surface area (Å²) in [6.07, 6.45) is 3.13. The largest absolute Gasteiger partial charge is 0.507 e. The Labute approximate surface area is 125 Å². The number of nitrogens with zero attached hydrogens (tertiary/aromatic N) is 3. The first kappa shape index (κ1) is 13.7. The first-order valence-corrected chi connectivity index (χ1v) is 6.51. The number of hydrogen-bond donors (Lipinski definition) is 1. The number of non-ortho nitro benzene ring substituents is 1. The fourth-order valence-corrected chi connectivity index (χ4v) is 2.16. The molecule has 1 aromatic carbocycles. The van der Waals surface area contributed by atoms with Crippen LogP contribution in [0.5, 0.6) is 5.75 Å². The lowest BCUT2D eigenvalue weighted by Crippen LogP contribution is -1.93. The van der Waals surface area contributed by atoms with Crippen LogP contribution >= 0.6 is 0 Å². The first-order valence-electron chi connectivity index (χ1n) is 6.51. The van der Waals surface area contributed by atoms with E-state index in [9.17, 15) is 15.2 Å². The zero-order chi connectivity index (χ0) is 15.5. The number of pyridine rings is 2. The number of nitro groups is 1. The molecule has 108 valence electrons. The minimum atomic E-state index is -0.502. The van der Waals surface area contributed by atoms with Gasteiger partial charge in [0.1, 0.15) is 5.75 Å². The molecule has 0 spiro atoms. The van der Waals surface area contributed by atoms with Crippen molar-refractivity contribution in [2.24, 2.45) is 0 Å². The van der Waals surface area contributed by atoms with E-state index in [2.05, 4.69) is 9.97 Å². The predicted molar refractivity (Wildman–Crippen MR) is 81.2 cm³/mol. The summed E-state index contributed by atoms with van der Waals surface area (Å²) in [7, 11) is 0. The SMILES string of the molecule is O=[N+]([O-])c1cc(-c2ccccn2)c(O)c(-c2ccccn2)c1. The Bertz CT molecular complexity index is 760. The molecular weight excluding hydrogens is 282 g/mol. The van der Waals surface area contributed by atoms with Gasteiger partial charge in [0.25, 0.3) is 5.69 Å². The van der Waals surface area contributed by atoms with Crippen molar-refractivity contribution in [2.45, 2.75) is 0 Å². The van der Waals surface area contributed by atoms with Gasteiger partial charge in [0.15, 0.2) is 0 Å². The zero-order valence-corrected chi connectivity index (χ0v) is 11.4. The van der Waals surface area contributed by atoms with Gasteiger partial charge in [0, 0.05) is 35.7 Å². The van der Waals surface area contributed by atoms with Crippen LogP contribution in [0.15, 0.2) is 60.9 Å². The van der Waals surface area contributed by atoms with Crippen LogP contribution in [-0.2, 0) is 0 Å². The van der Waals surface area contributed by atoms with Gasteiger partial charge >= 0.3 is 0 Å². The molecule has 2 heterocycles. The second-order valence-electron chi connectivity index (χ2n) is 4.58. The molecule has 0 aliphatic rings. The number of phenols is 1. The monoisotopic (exact) mass is 293 g/mol. The topological polar surface area (TPSA) is 89.2 Å². The first-order chi connectivity index (χ1) is 10.7. The van der Waals surface area contributed by atoms with Crippen molar-refractivity contribution < 1.29 is 10.0 Å². The van der Waals surface area contributed by atoms with Gasteiger partial charge in [0.2, 0.25) is 0 Å². The minimum Gasteiger partial charge on any atom is -0.507 e. The van der Waals surface area contributed by atoms with Gasteiger partial charge in [-0.1, -0.05) is 12.1 Å². The van der Waals surface area contributed by atoms with E-state index in [0.717, 1.165) is 0 Å². The van der Waals surface area contributed by atoms with Gasteiger partial charge in [-0.05, 0) is 24.3 Å². The molecule has 0 fully saturated rings. The van der Waals surface area contributed by atoms with E-state index in [1.54, 1.807) is 48.8 Å². The summed E-state index contributed by atoms with van der Waals surface area (Å²) in [5.41, 5.74) is 1.40. The summed E-state index contributed by atoms with van der Waals surface area (Å²) in [5, 5.41) is 21.7. The summed E-state index contributed by atoms with van der Waals surface area (Å²) in [6, 6.07) is 13.0. The molecule has 0 amide bonds. The normalized spacial score (nSPS) is 10.4. The summed E-state index contributed by atoms with van der Waals surface area (Å²) in [6.45, 7) is 0. The maximum atomic E-state index is 11.2. The third kappa shape index (κ3) is 2.49. The summed E-state index contributed by atoms with van der Waals surface area (Å²) >= 11 is 0. The number of nitro benzene ring substituents is 1. The van der Waals surface area contributed by atoms with Crippen molar-refractivity contribution in [3.63, 3.8) is 0 Å². The summed E-state index contributed by atoms with van der Waals surface area (Å²) < 4.78 is 0. The molecule has 0 bridgehead atoms. The second-order valence-corrected chi connectivity index (χ2v) is 4.58. The van der Waals surface area contributed by atoms with Crippen LogP contribution in [0.3, 0.4) is 0 Å². The molecular formula is C16H11N3O3. The smallest absolute Gasteiger partial charge is 0.271 e. The lowest BCUT2D eigenvalue weighted by atomic mass is 10.0. The third-order valence-corrected chi connectivity index (χ3v) is 3.19. The predicted octanol–water partition coefficient (Wildman–Crippen LogP) is 3.42. The molecule has 0 aliphatic heterocycles. The van der Waals surface area contributed by atoms with Crippen molar-refractivity contribution in [1.29, 1.82) is 0 Å². The number of hydrogen-bond acceptors (Lipinski definition) is 5. The fraction of sp³-hybridized carbons (Fsp3) is 0. The molecule has 0 saturated heterocycles. The summed E-state index contributed by atoms with van der Waals surface area (Å²) in [5.74, 6) is -0.0806. The Balaban J connectivity index is 2.27. The standard InChI is InChI=1S/C16H11N3O3/c20-16-12(14-5-1-3-7-17-14)9-11(19(21)22)10-13(16)15-6-2-4-8-18-15/h1-10,20H. The van der Waals surface area contributed by atoms with E-state index in [4.69, 9.17) is 0 Å². The number of aromatic nitrogens is 2. The van der Waals surface area contributed by atoms with E-state index in [1.165, 1.54) is 12.1 Å². The molecule has 22 heavy (non-hydrogen) atoms. The Morgan fingerprint density at radius 2 is 1.41 bits per heavy atom. The van der Waals surface area contributed by atoms with Gasteiger partial charge in [-0.3, -0.25) is 20.1 Å². The van der Waals surface area contributed by atoms with E-state index < -0.39 is 4.92 Å². The van der Waals surface area contributed by atoms with E-state index in [1.807, 2.05) is 0 Å². The van der Waals surface area contributed by atoms with Gasteiger partial charge < -0.3 is 5.11 Å². The molecule has 2 aromatic heterocycles. The van der Waals surface area contributed by atoms with Crippen molar-refractivity contribution in [2.75, 3.05) is 0 Å². The molecule has 1 N–H and O–H groups in total. The highest BCUT2D eigenvalue weighted by Crippen LogP contribution is 2.39. The number of phenolic OH excluding ortho intramolecular Hbond substituents is 1. The highest BCUT2D eigenvalue weighted by molar-refractivity contribution is 5.82. The Kier molecular flexibility index (Phi) is 3.49. The Hall–Kier alpha value is -3.28. The number of aromatic hydroxyl groups is 1. The highest BCUT2D eigenvalue weighted by atomic mass is 16.6. The molecule has 6 nitrogen and oxygen atoms in total. The minimum absolute atomic E-state index is 0.0806. The van der Waals surface area contributed by atoms with Gasteiger partial charge in [-0.2, -0.15) is 0 Å². The lowest BCUT2D eigenvalue weighted by molar-refractivity contribution is -0.384. The van der Waals surface area contributed by atoms with Gasteiger partial charge in [-0.15, -0.1) is 0 Å². The lowest BCUT2D eigenvalue weighted by Gasteiger charge is -2.09. The molecule has 0 aliphatic carbocycles. The van der Waals surface area contributed by atoms with Crippen molar-refractivity contribution in [3.8, 4) is 28.3 Å². The molecule has 0 saturated carbocycles. The van der Waals surface area contributed by atoms with E-state index >= 15 is 0 Å². The zero-order valence-electron chi connectivity index (χ0n) is 11.4. The van der Waals surface area contributed by atoms with Gasteiger partial charge in [-0.25, -0.2) is 0 Å². The number of rotatable bonds is 3. The Morgan fingerprint density at radius 1 is 0.909 bits per heavy atom. The van der Waals surface area contributed by atoms with Crippen LogP contribution in [0.25, 0.3) is 22.5 Å². The van der Waals surface area contributed by atoms with E-state index in [0.29, 0.717) is 22.5 Å². The number of benzene rings is 1. The van der Waals surface area contributed by atoms with Crippen molar-refractivity contribution in [3.05, 3.63) is 71.0 Å². The van der Waals surface area contributed by atoms with Crippen LogP contribution in [0, 0.1) is 10.1 Å². The highest BCUT2D eigenvalue weighted by Gasteiger charge is 2.19. The van der Waals surface area contributed by atoms with Crippen molar-refractivity contribution in [1.82, 2.24) is 9.97 Å². The molecule has 0 radical (unpaired) electrons.